The maximum Gasteiger partial charge on any atom is 0.303 e. The lowest BCUT2D eigenvalue weighted by Crippen LogP contribution is -2.33. The topological polar surface area (TPSA) is 69.6 Å². The number of aliphatic carboxylic acids is 1. The van der Waals surface area contributed by atoms with Crippen LogP contribution in [0, 0.1) is 0 Å². The average Bonchev–Trinajstić information content (AvgIpc) is 2.71. The van der Waals surface area contributed by atoms with E-state index in [4.69, 9.17) is 16.7 Å². The predicted octanol–water partition coefficient (Wildman–Crippen LogP) is 5.08. The van der Waals surface area contributed by atoms with Gasteiger partial charge < -0.3 is 10.4 Å². The van der Waals surface area contributed by atoms with E-state index < -0.39 is 5.97 Å². The fourth-order valence-electron chi connectivity index (χ4n) is 3.27. The van der Waals surface area contributed by atoms with Gasteiger partial charge in [0.25, 0.3) is 0 Å². The first-order chi connectivity index (χ1) is 14.4. The Morgan fingerprint density at radius 3 is 2.43 bits per heavy atom. The second kappa shape index (κ2) is 12.7. The summed E-state index contributed by atoms with van der Waals surface area (Å²) in [7, 11) is 0. The molecule has 0 aromatic heterocycles. The first-order valence-corrected chi connectivity index (χ1v) is 11.3. The molecule has 162 valence electrons. The molecule has 0 radical (unpaired) electrons. The number of hydrogen-bond acceptors (Lipinski definition) is 3. The molecule has 0 heterocycles. The van der Waals surface area contributed by atoms with E-state index in [0.29, 0.717) is 31.0 Å². The Morgan fingerprint density at radius 2 is 1.77 bits per heavy atom. The minimum absolute atomic E-state index is 0.00919. The lowest BCUT2D eigenvalue weighted by Gasteiger charge is -2.29. The van der Waals surface area contributed by atoms with Crippen molar-refractivity contribution >= 4 is 39.4 Å². The van der Waals surface area contributed by atoms with Crippen molar-refractivity contribution in [3.8, 4) is 0 Å². The Morgan fingerprint density at radius 1 is 1.10 bits per heavy atom. The number of carboxylic acid groups (broad SMARTS) is 1. The number of hydrogen-bond donors (Lipinski definition) is 2. The number of carbonyl (C=O) groups is 2. The van der Waals surface area contributed by atoms with Crippen molar-refractivity contribution in [2.24, 2.45) is 0 Å². The van der Waals surface area contributed by atoms with E-state index in [1.807, 2.05) is 48.5 Å². The minimum atomic E-state index is -0.784. The van der Waals surface area contributed by atoms with E-state index >= 15 is 0 Å². The molecule has 0 aliphatic heterocycles. The Bertz CT molecular complexity index is 829. The summed E-state index contributed by atoms with van der Waals surface area (Å²) in [4.78, 5) is 25.4. The normalized spacial score (nSPS) is 12.0. The third-order valence-electron chi connectivity index (χ3n) is 4.99. The molecule has 1 unspecified atom stereocenters. The van der Waals surface area contributed by atoms with Crippen molar-refractivity contribution in [1.82, 2.24) is 10.2 Å². The Balaban J connectivity index is 1.85. The van der Waals surface area contributed by atoms with Crippen LogP contribution >= 0.6 is 27.5 Å². The zero-order valence-corrected chi connectivity index (χ0v) is 19.5. The molecular weight excluding hydrogens is 468 g/mol. The highest BCUT2D eigenvalue weighted by molar-refractivity contribution is 9.10. The third kappa shape index (κ3) is 8.46. The first kappa shape index (κ1) is 24.4. The summed E-state index contributed by atoms with van der Waals surface area (Å²) >= 11 is 9.46. The summed E-state index contributed by atoms with van der Waals surface area (Å²) < 4.78 is 0.932. The van der Waals surface area contributed by atoms with Crippen LogP contribution in [-0.2, 0) is 16.0 Å². The summed E-state index contributed by atoms with van der Waals surface area (Å²) in [5, 5.41) is 12.6. The minimum Gasteiger partial charge on any atom is -0.481 e. The lowest BCUT2D eigenvalue weighted by molar-refractivity contribution is -0.137. The van der Waals surface area contributed by atoms with Gasteiger partial charge >= 0.3 is 5.97 Å². The van der Waals surface area contributed by atoms with Crippen molar-refractivity contribution in [2.75, 3.05) is 19.6 Å². The number of nitrogens with one attached hydrogen (secondary N) is 1. The molecule has 2 N–H and O–H groups in total. The molecule has 0 aliphatic carbocycles. The molecule has 7 heteroatoms. The highest BCUT2D eigenvalue weighted by Crippen LogP contribution is 2.23. The van der Waals surface area contributed by atoms with E-state index in [1.54, 1.807) is 0 Å². The molecule has 1 amide bonds. The molecule has 1 atom stereocenters. The van der Waals surface area contributed by atoms with Crippen LogP contribution < -0.4 is 5.32 Å². The van der Waals surface area contributed by atoms with Gasteiger partial charge in [0.05, 0.1) is 6.42 Å². The molecule has 2 aromatic rings. The quantitative estimate of drug-likeness (QED) is 0.403. The van der Waals surface area contributed by atoms with Crippen molar-refractivity contribution in [3.63, 3.8) is 0 Å². The summed E-state index contributed by atoms with van der Waals surface area (Å²) in [6.45, 7) is 4.13. The van der Waals surface area contributed by atoms with Crippen molar-refractivity contribution in [2.45, 2.75) is 38.6 Å². The molecule has 30 heavy (non-hydrogen) atoms. The number of halogens is 2. The summed E-state index contributed by atoms with van der Waals surface area (Å²) in [5.74, 6) is -0.793. The van der Waals surface area contributed by atoms with Gasteiger partial charge in [-0.1, -0.05) is 57.9 Å². The second-order valence-electron chi connectivity index (χ2n) is 7.23. The van der Waals surface area contributed by atoms with Gasteiger partial charge in [0, 0.05) is 35.0 Å². The fourth-order valence-corrected chi connectivity index (χ4v) is 3.82. The van der Waals surface area contributed by atoms with Crippen LogP contribution in [0.1, 0.15) is 43.4 Å². The standard InChI is InChI=1S/C23H28BrClN2O3/c1-17(18-9-11-20(25)12-10-18)27(14-4-8-23(29)30)15-5-13-26-22(28)16-19-6-2-3-7-21(19)24/h2-3,6-7,9-12,17H,4-5,8,13-16H2,1H3,(H,26,28)(H,29,30). The number of carbonyl (C=O) groups excluding carboxylic acids is 1. The van der Waals surface area contributed by atoms with Gasteiger partial charge in [-0.15, -0.1) is 0 Å². The van der Waals surface area contributed by atoms with Crippen LogP contribution in [0.4, 0.5) is 0 Å². The number of nitrogens with zero attached hydrogens (tertiary/aromatic N) is 1. The van der Waals surface area contributed by atoms with Gasteiger partial charge in [0.1, 0.15) is 0 Å². The zero-order chi connectivity index (χ0) is 21.9. The van der Waals surface area contributed by atoms with Crippen molar-refractivity contribution in [3.05, 3.63) is 69.2 Å². The number of rotatable bonds is 12. The molecule has 0 fully saturated rings. The molecule has 0 aliphatic rings. The predicted molar refractivity (Wildman–Crippen MR) is 124 cm³/mol. The third-order valence-corrected chi connectivity index (χ3v) is 6.01. The van der Waals surface area contributed by atoms with Crippen LogP contribution in [0.15, 0.2) is 53.0 Å². The van der Waals surface area contributed by atoms with E-state index in [1.165, 1.54) is 0 Å². The second-order valence-corrected chi connectivity index (χ2v) is 8.52. The van der Waals surface area contributed by atoms with E-state index in [2.05, 4.69) is 33.1 Å². The number of amides is 1. The Kier molecular flexibility index (Phi) is 10.3. The molecular formula is C23H28BrClN2O3. The van der Waals surface area contributed by atoms with Gasteiger partial charge in [0.15, 0.2) is 0 Å². The van der Waals surface area contributed by atoms with Crippen LogP contribution in [0.5, 0.6) is 0 Å². The van der Waals surface area contributed by atoms with Crippen LogP contribution in [-0.4, -0.2) is 41.5 Å². The zero-order valence-electron chi connectivity index (χ0n) is 17.1. The van der Waals surface area contributed by atoms with Crippen LogP contribution in [0.2, 0.25) is 5.02 Å². The highest BCUT2D eigenvalue weighted by atomic mass is 79.9. The fraction of sp³-hybridized carbons (Fsp3) is 0.391. The largest absolute Gasteiger partial charge is 0.481 e. The molecule has 0 spiro atoms. The molecule has 2 aromatic carbocycles. The lowest BCUT2D eigenvalue weighted by atomic mass is 10.1. The van der Waals surface area contributed by atoms with Crippen LogP contribution in [0.25, 0.3) is 0 Å². The van der Waals surface area contributed by atoms with Crippen LogP contribution in [0.3, 0.4) is 0 Å². The molecule has 0 bridgehead atoms. The summed E-state index contributed by atoms with van der Waals surface area (Å²) in [5.41, 5.74) is 2.09. The highest BCUT2D eigenvalue weighted by Gasteiger charge is 2.16. The van der Waals surface area contributed by atoms with Gasteiger partial charge in [-0.2, -0.15) is 0 Å². The number of benzene rings is 2. The number of carboxylic acids is 1. The van der Waals surface area contributed by atoms with E-state index in [9.17, 15) is 9.59 Å². The van der Waals surface area contributed by atoms with Gasteiger partial charge in [-0.05, 0) is 55.6 Å². The van der Waals surface area contributed by atoms with E-state index in [0.717, 1.165) is 28.6 Å². The maximum atomic E-state index is 12.2. The smallest absolute Gasteiger partial charge is 0.303 e. The van der Waals surface area contributed by atoms with Crippen molar-refractivity contribution in [1.29, 1.82) is 0 Å². The van der Waals surface area contributed by atoms with Gasteiger partial charge in [-0.3, -0.25) is 14.5 Å². The average molecular weight is 496 g/mol. The van der Waals surface area contributed by atoms with Gasteiger partial charge in [-0.25, -0.2) is 0 Å². The molecule has 5 nitrogen and oxygen atoms in total. The van der Waals surface area contributed by atoms with Gasteiger partial charge in [0.2, 0.25) is 5.91 Å². The molecule has 2 rings (SSSR count). The Hall–Kier alpha value is -1.89. The van der Waals surface area contributed by atoms with Crippen molar-refractivity contribution < 1.29 is 14.7 Å². The monoisotopic (exact) mass is 494 g/mol. The molecule has 0 saturated carbocycles. The Labute approximate surface area is 191 Å². The first-order valence-electron chi connectivity index (χ1n) is 10.1. The summed E-state index contributed by atoms with van der Waals surface area (Å²) in [6.07, 6.45) is 1.85. The SMILES string of the molecule is CC(c1ccc(Cl)cc1)N(CCCNC(=O)Cc1ccccc1Br)CCCC(=O)O. The molecule has 0 saturated heterocycles. The maximum absolute atomic E-state index is 12.2. The summed E-state index contributed by atoms with van der Waals surface area (Å²) in [6, 6.07) is 15.6. The van der Waals surface area contributed by atoms with E-state index in [-0.39, 0.29) is 18.4 Å².